The van der Waals surface area contributed by atoms with E-state index in [0.717, 1.165) is 24.6 Å². The molecule has 0 aliphatic heterocycles. The van der Waals surface area contributed by atoms with Crippen molar-refractivity contribution in [1.82, 2.24) is 4.90 Å². The lowest BCUT2D eigenvalue weighted by atomic mass is 9.85. The van der Waals surface area contributed by atoms with Crippen molar-refractivity contribution in [2.45, 2.75) is 39.3 Å². The highest BCUT2D eigenvalue weighted by atomic mass is 16.3. The smallest absolute Gasteiger partial charge is 0.0681 e. The zero-order chi connectivity index (χ0) is 12.1. The van der Waals surface area contributed by atoms with Crippen LogP contribution in [0.1, 0.15) is 37.3 Å². The lowest BCUT2D eigenvalue weighted by Gasteiger charge is -2.31. The number of aliphatic hydroxyl groups excluding tert-OH is 1. The fourth-order valence-electron chi connectivity index (χ4n) is 2.35. The molecule has 0 aromatic heterocycles. The van der Waals surface area contributed by atoms with Gasteiger partial charge in [0.25, 0.3) is 0 Å². The third kappa shape index (κ3) is 3.55. The first kappa shape index (κ1) is 12.6. The molecular formula is C15H23NO. The molecule has 2 rings (SSSR count). The van der Waals surface area contributed by atoms with Gasteiger partial charge in [-0.25, -0.2) is 0 Å². The van der Waals surface area contributed by atoms with Gasteiger partial charge in [0.2, 0.25) is 0 Å². The SMILES string of the molecule is CCN(Cc1ccc(CO)cc1)CC1CCC1. The van der Waals surface area contributed by atoms with Crippen LogP contribution >= 0.6 is 0 Å². The van der Waals surface area contributed by atoms with Crippen molar-refractivity contribution >= 4 is 0 Å². The van der Waals surface area contributed by atoms with Gasteiger partial charge in [-0.15, -0.1) is 0 Å². The molecule has 0 atom stereocenters. The van der Waals surface area contributed by atoms with E-state index in [0.29, 0.717) is 0 Å². The van der Waals surface area contributed by atoms with Crippen molar-refractivity contribution in [2.75, 3.05) is 13.1 Å². The van der Waals surface area contributed by atoms with Crippen molar-refractivity contribution < 1.29 is 5.11 Å². The fraction of sp³-hybridized carbons (Fsp3) is 0.600. The van der Waals surface area contributed by atoms with Crippen LogP contribution in [0.15, 0.2) is 24.3 Å². The third-order valence-corrected chi connectivity index (χ3v) is 3.80. The van der Waals surface area contributed by atoms with Gasteiger partial charge in [-0.3, -0.25) is 4.90 Å². The summed E-state index contributed by atoms with van der Waals surface area (Å²) in [6, 6.07) is 8.31. The Morgan fingerprint density at radius 1 is 1.18 bits per heavy atom. The summed E-state index contributed by atoms with van der Waals surface area (Å²) in [7, 11) is 0. The summed E-state index contributed by atoms with van der Waals surface area (Å²) >= 11 is 0. The Balaban J connectivity index is 1.87. The number of aliphatic hydroxyl groups is 1. The molecule has 0 radical (unpaired) electrons. The van der Waals surface area contributed by atoms with Crippen molar-refractivity contribution in [2.24, 2.45) is 5.92 Å². The van der Waals surface area contributed by atoms with Gasteiger partial charge < -0.3 is 5.11 Å². The summed E-state index contributed by atoms with van der Waals surface area (Å²) < 4.78 is 0. The second kappa shape index (κ2) is 6.18. The van der Waals surface area contributed by atoms with Gasteiger partial charge in [-0.05, 0) is 36.4 Å². The molecule has 17 heavy (non-hydrogen) atoms. The molecule has 0 bridgehead atoms. The van der Waals surface area contributed by atoms with Gasteiger partial charge in [-0.1, -0.05) is 37.6 Å². The molecule has 1 aromatic rings. The molecule has 1 aliphatic carbocycles. The maximum atomic E-state index is 9.00. The van der Waals surface area contributed by atoms with Crippen LogP contribution in [0.2, 0.25) is 0 Å². The molecule has 0 amide bonds. The van der Waals surface area contributed by atoms with Crippen molar-refractivity contribution in [3.05, 3.63) is 35.4 Å². The molecule has 1 N–H and O–H groups in total. The topological polar surface area (TPSA) is 23.5 Å². The highest BCUT2D eigenvalue weighted by molar-refractivity contribution is 5.21. The second-order valence-electron chi connectivity index (χ2n) is 5.10. The first-order chi connectivity index (χ1) is 8.31. The monoisotopic (exact) mass is 233 g/mol. The van der Waals surface area contributed by atoms with E-state index in [2.05, 4.69) is 24.0 Å². The maximum absolute atomic E-state index is 9.00. The Morgan fingerprint density at radius 2 is 1.82 bits per heavy atom. The summed E-state index contributed by atoms with van der Waals surface area (Å²) in [4.78, 5) is 2.53. The number of hydrogen-bond donors (Lipinski definition) is 1. The van der Waals surface area contributed by atoms with Gasteiger partial charge in [0.1, 0.15) is 0 Å². The molecule has 0 unspecified atom stereocenters. The van der Waals surface area contributed by atoms with E-state index in [4.69, 9.17) is 5.11 Å². The summed E-state index contributed by atoms with van der Waals surface area (Å²) in [6.45, 7) is 5.79. The van der Waals surface area contributed by atoms with E-state index in [1.165, 1.54) is 31.4 Å². The van der Waals surface area contributed by atoms with Crippen LogP contribution in [-0.2, 0) is 13.2 Å². The molecule has 1 fully saturated rings. The standard InChI is InChI=1S/C15H23NO/c1-2-16(10-13-4-3-5-13)11-14-6-8-15(12-17)9-7-14/h6-9,13,17H,2-5,10-12H2,1H3. The van der Waals surface area contributed by atoms with Crippen molar-refractivity contribution in [1.29, 1.82) is 0 Å². The lowest BCUT2D eigenvalue weighted by molar-refractivity contribution is 0.178. The minimum Gasteiger partial charge on any atom is -0.392 e. The molecule has 94 valence electrons. The number of hydrogen-bond acceptors (Lipinski definition) is 2. The van der Waals surface area contributed by atoms with Crippen molar-refractivity contribution in [3.8, 4) is 0 Å². The first-order valence-electron chi connectivity index (χ1n) is 6.73. The molecule has 0 saturated heterocycles. The number of nitrogens with zero attached hydrogens (tertiary/aromatic N) is 1. The minimum absolute atomic E-state index is 0.139. The highest BCUT2D eigenvalue weighted by Gasteiger charge is 2.19. The van der Waals surface area contributed by atoms with Crippen LogP contribution < -0.4 is 0 Å². The average molecular weight is 233 g/mol. The molecule has 2 nitrogen and oxygen atoms in total. The molecule has 1 saturated carbocycles. The summed E-state index contributed by atoms with van der Waals surface area (Å²) in [5, 5.41) is 9.00. The second-order valence-corrected chi connectivity index (χ2v) is 5.10. The van der Waals surface area contributed by atoms with E-state index in [-0.39, 0.29) is 6.61 Å². The Hall–Kier alpha value is -0.860. The Bertz CT molecular complexity index is 329. The lowest BCUT2D eigenvalue weighted by Crippen LogP contribution is -2.32. The molecule has 1 aromatic carbocycles. The largest absolute Gasteiger partial charge is 0.392 e. The molecule has 0 spiro atoms. The zero-order valence-electron chi connectivity index (χ0n) is 10.7. The van der Waals surface area contributed by atoms with Gasteiger partial charge in [0.15, 0.2) is 0 Å². The molecule has 1 aliphatic rings. The summed E-state index contributed by atoms with van der Waals surface area (Å²) in [6.07, 6.45) is 4.26. The van der Waals surface area contributed by atoms with Gasteiger partial charge >= 0.3 is 0 Å². The van der Waals surface area contributed by atoms with Crippen LogP contribution in [0.4, 0.5) is 0 Å². The normalized spacial score (nSPS) is 16.2. The Morgan fingerprint density at radius 3 is 2.29 bits per heavy atom. The van der Waals surface area contributed by atoms with Crippen LogP contribution in [0.5, 0.6) is 0 Å². The molecule has 0 heterocycles. The van der Waals surface area contributed by atoms with E-state index in [1.807, 2.05) is 12.1 Å². The number of rotatable bonds is 6. The van der Waals surface area contributed by atoms with Crippen LogP contribution in [0.25, 0.3) is 0 Å². The quantitative estimate of drug-likeness (QED) is 0.816. The Kier molecular flexibility index (Phi) is 4.57. The average Bonchev–Trinajstić information content (AvgIpc) is 2.33. The zero-order valence-corrected chi connectivity index (χ0v) is 10.7. The number of benzene rings is 1. The summed E-state index contributed by atoms with van der Waals surface area (Å²) in [5.41, 5.74) is 2.35. The van der Waals surface area contributed by atoms with E-state index in [9.17, 15) is 0 Å². The first-order valence-corrected chi connectivity index (χ1v) is 6.73. The van der Waals surface area contributed by atoms with Crippen molar-refractivity contribution in [3.63, 3.8) is 0 Å². The van der Waals surface area contributed by atoms with E-state index in [1.54, 1.807) is 0 Å². The molecular weight excluding hydrogens is 210 g/mol. The predicted molar refractivity (Wildman–Crippen MR) is 70.7 cm³/mol. The summed E-state index contributed by atoms with van der Waals surface area (Å²) in [5.74, 6) is 0.937. The van der Waals surface area contributed by atoms with E-state index >= 15 is 0 Å². The van der Waals surface area contributed by atoms with Gasteiger partial charge in [-0.2, -0.15) is 0 Å². The Labute approximate surface area is 104 Å². The van der Waals surface area contributed by atoms with Gasteiger partial charge in [0.05, 0.1) is 6.61 Å². The maximum Gasteiger partial charge on any atom is 0.0681 e. The highest BCUT2D eigenvalue weighted by Crippen LogP contribution is 2.27. The van der Waals surface area contributed by atoms with E-state index < -0.39 is 0 Å². The fourth-order valence-corrected chi connectivity index (χ4v) is 2.35. The minimum atomic E-state index is 0.139. The predicted octanol–water partition coefficient (Wildman–Crippen LogP) is 2.80. The van der Waals surface area contributed by atoms with Crippen LogP contribution in [-0.4, -0.2) is 23.1 Å². The van der Waals surface area contributed by atoms with Crippen LogP contribution in [0.3, 0.4) is 0 Å². The third-order valence-electron chi connectivity index (χ3n) is 3.80. The van der Waals surface area contributed by atoms with Crippen LogP contribution in [0, 0.1) is 5.92 Å². The molecule has 2 heteroatoms. The van der Waals surface area contributed by atoms with Gasteiger partial charge in [0, 0.05) is 13.1 Å².